The van der Waals surface area contributed by atoms with E-state index in [4.69, 9.17) is 10.00 Å². The van der Waals surface area contributed by atoms with Gasteiger partial charge in [-0.2, -0.15) is 5.26 Å². The lowest BCUT2D eigenvalue weighted by Crippen LogP contribution is -2.29. The highest BCUT2D eigenvalue weighted by Crippen LogP contribution is 2.20. The average Bonchev–Trinajstić information content (AvgIpc) is 2.28. The van der Waals surface area contributed by atoms with Gasteiger partial charge in [0.15, 0.2) is 11.6 Å². The molecule has 0 fully saturated rings. The number of hydrogen-bond acceptors (Lipinski definition) is 3. The van der Waals surface area contributed by atoms with Crippen molar-refractivity contribution in [3.63, 3.8) is 0 Å². The Morgan fingerprint density at radius 2 is 2.11 bits per heavy atom. The van der Waals surface area contributed by atoms with E-state index in [-0.39, 0.29) is 11.6 Å². The van der Waals surface area contributed by atoms with Crippen LogP contribution >= 0.6 is 0 Å². The molecule has 0 spiro atoms. The van der Waals surface area contributed by atoms with Crippen LogP contribution in [-0.2, 0) is 6.54 Å². The second kappa shape index (κ2) is 5.83. The minimum absolute atomic E-state index is 0.249. The molecule has 0 aliphatic heterocycles. The molecule has 0 N–H and O–H groups in total. The Balaban J connectivity index is 2.68. The highest BCUT2D eigenvalue weighted by atomic mass is 19.1. The Bertz CT molecular complexity index is 452. The van der Waals surface area contributed by atoms with Gasteiger partial charge in [-0.05, 0) is 38.6 Å². The number of nitriles is 1. The van der Waals surface area contributed by atoms with Gasteiger partial charge in [0.1, 0.15) is 0 Å². The van der Waals surface area contributed by atoms with Crippen LogP contribution in [0.2, 0.25) is 0 Å². The van der Waals surface area contributed by atoms with Crippen LogP contribution in [-0.4, -0.2) is 25.6 Å². The zero-order valence-corrected chi connectivity index (χ0v) is 11.3. The highest BCUT2D eigenvalue weighted by Gasteiger charge is 2.19. The molecule has 3 nitrogen and oxygen atoms in total. The fourth-order valence-corrected chi connectivity index (χ4v) is 1.89. The average molecular weight is 250 g/mol. The molecule has 1 rings (SSSR count). The molecular weight excluding hydrogens is 231 g/mol. The van der Waals surface area contributed by atoms with Gasteiger partial charge >= 0.3 is 0 Å². The SMILES string of the molecule is COc1ccc(CN(C)CC(C)(C)C#N)cc1F. The maximum Gasteiger partial charge on any atom is 0.165 e. The first-order valence-electron chi connectivity index (χ1n) is 5.80. The summed E-state index contributed by atoms with van der Waals surface area (Å²) in [5.74, 6) is -0.110. The minimum atomic E-state index is -0.403. The topological polar surface area (TPSA) is 36.3 Å². The van der Waals surface area contributed by atoms with Gasteiger partial charge in [0, 0.05) is 13.1 Å². The summed E-state index contributed by atoms with van der Waals surface area (Å²) in [6, 6.07) is 7.17. The third-order valence-electron chi connectivity index (χ3n) is 2.64. The molecule has 18 heavy (non-hydrogen) atoms. The van der Waals surface area contributed by atoms with Crippen LogP contribution in [0.5, 0.6) is 5.75 Å². The van der Waals surface area contributed by atoms with E-state index in [0.29, 0.717) is 13.1 Å². The summed E-state index contributed by atoms with van der Waals surface area (Å²) in [5.41, 5.74) is 0.462. The van der Waals surface area contributed by atoms with Gasteiger partial charge in [-0.15, -0.1) is 0 Å². The summed E-state index contributed by atoms with van der Waals surface area (Å²) in [6.45, 7) is 5.01. The van der Waals surface area contributed by atoms with Crippen LogP contribution in [0.3, 0.4) is 0 Å². The smallest absolute Gasteiger partial charge is 0.165 e. The summed E-state index contributed by atoms with van der Waals surface area (Å²) < 4.78 is 18.4. The molecule has 1 aromatic carbocycles. The van der Waals surface area contributed by atoms with E-state index in [9.17, 15) is 4.39 Å². The van der Waals surface area contributed by atoms with Crippen LogP contribution in [0.1, 0.15) is 19.4 Å². The first kappa shape index (κ1) is 14.5. The Morgan fingerprint density at radius 1 is 1.44 bits per heavy atom. The van der Waals surface area contributed by atoms with Crippen LogP contribution in [0.15, 0.2) is 18.2 Å². The third-order valence-corrected chi connectivity index (χ3v) is 2.64. The molecule has 4 heteroatoms. The number of methoxy groups -OCH3 is 1. The molecule has 0 heterocycles. The zero-order valence-electron chi connectivity index (χ0n) is 11.3. The van der Waals surface area contributed by atoms with E-state index in [2.05, 4.69) is 6.07 Å². The van der Waals surface area contributed by atoms with Gasteiger partial charge in [0.05, 0.1) is 18.6 Å². The molecule has 0 saturated carbocycles. The molecule has 0 aromatic heterocycles. The van der Waals surface area contributed by atoms with Crippen molar-refractivity contribution >= 4 is 0 Å². The van der Waals surface area contributed by atoms with Gasteiger partial charge < -0.3 is 9.64 Å². The number of nitrogens with zero attached hydrogens (tertiary/aromatic N) is 2. The number of rotatable bonds is 5. The molecule has 1 aromatic rings. The Hall–Kier alpha value is -1.60. The minimum Gasteiger partial charge on any atom is -0.494 e. The van der Waals surface area contributed by atoms with Crippen LogP contribution in [0.25, 0.3) is 0 Å². The molecule has 0 unspecified atom stereocenters. The summed E-state index contributed by atoms with van der Waals surface area (Å²) in [5, 5.41) is 8.97. The van der Waals surface area contributed by atoms with Crippen molar-refractivity contribution in [1.82, 2.24) is 4.90 Å². The van der Waals surface area contributed by atoms with E-state index in [1.165, 1.54) is 13.2 Å². The monoisotopic (exact) mass is 250 g/mol. The van der Waals surface area contributed by atoms with Crippen LogP contribution in [0, 0.1) is 22.6 Å². The number of benzene rings is 1. The molecule has 0 bridgehead atoms. The van der Waals surface area contributed by atoms with E-state index in [0.717, 1.165) is 5.56 Å². The summed E-state index contributed by atoms with van der Waals surface area (Å²) in [6.07, 6.45) is 0. The van der Waals surface area contributed by atoms with Gasteiger partial charge in [-0.1, -0.05) is 6.07 Å². The fourth-order valence-electron chi connectivity index (χ4n) is 1.89. The zero-order chi connectivity index (χ0) is 13.8. The number of halogens is 1. The molecular formula is C14H19FN2O. The molecule has 0 saturated heterocycles. The van der Waals surface area contributed by atoms with Crippen LogP contribution < -0.4 is 4.74 Å². The normalized spacial score (nSPS) is 11.4. The maximum atomic E-state index is 13.5. The number of ether oxygens (including phenoxy) is 1. The molecule has 98 valence electrons. The lowest BCUT2D eigenvalue weighted by molar-refractivity contribution is 0.248. The molecule has 0 aliphatic carbocycles. The van der Waals surface area contributed by atoms with Gasteiger partial charge in [0.25, 0.3) is 0 Å². The Kier molecular flexibility index (Phi) is 4.69. The van der Waals surface area contributed by atoms with Crippen LogP contribution in [0.4, 0.5) is 4.39 Å². The van der Waals surface area contributed by atoms with E-state index < -0.39 is 5.41 Å². The van der Waals surface area contributed by atoms with Crippen molar-refractivity contribution in [2.24, 2.45) is 5.41 Å². The quantitative estimate of drug-likeness (QED) is 0.806. The predicted molar refractivity (Wildman–Crippen MR) is 68.7 cm³/mol. The Labute approximate surface area is 108 Å². The largest absolute Gasteiger partial charge is 0.494 e. The van der Waals surface area contributed by atoms with Gasteiger partial charge in [-0.3, -0.25) is 0 Å². The summed E-state index contributed by atoms with van der Waals surface area (Å²) >= 11 is 0. The van der Waals surface area contributed by atoms with E-state index in [1.54, 1.807) is 6.07 Å². The third kappa shape index (κ3) is 4.01. The fraction of sp³-hybridized carbons (Fsp3) is 0.500. The molecule has 0 atom stereocenters. The molecule has 0 aliphatic rings. The first-order chi connectivity index (χ1) is 8.38. The van der Waals surface area contributed by atoms with Crippen molar-refractivity contribution < 1.29 is 9.13 Å². The van der Waals surface area contributed by atoms with Crippen molar-refractivity contribution in [1.29, 1.82) is 5.26 Å². The summed E-state index contributed by atoms with van der Waals surface area (Å²) in [7, 11) is 3.36. The number of hydrogen-bond donors (Lipinski definition) is 0. The van der Waals surface area contributed by atoms with E-state index in [1.807, 2.05) is 31.9 Å². The van der Waals surface area contributed by atoms with Crippen molar-refractivity contribution in [3.05, 3.63) is 29.6 Å². The second-order valence-corrected chi connectivity index (χ2v) is 5.14. The van der Waals surface area contributed by atoms with Crippen molar-refractivity contribution in [3.8, 4) is 11.8 Å². The van der Waals surface area contributed by atoms with Crippen molar-refractivity contribution in [2.75, 3.05) is 20.7 Å². The highest BCUT2D eigenvalue weighted by molar-refractivity contribution is 5.29. The first-order valence-corrected chi connectivity index (χ1v) is 5.80. The standard InChI is InChI=1S/C14H19FN2O/c1-14(2,9-16)10-17(3)8-11-5-6-13(18-4)12(15)7-11/h5-7H,8,10H2,1-4H3. The second-order valence-electron chi connectivity index (χ2n) is 5.14. The lowest BCUT2D eigenvalue weighted by Gasteiger charge is -2.24. The maximum absolute atomic E-state index is 13.5. The predicted octanol–water partition coefficient (Wildman–Crippen LogP) is 2.82. The van der Waals surface area contributed by atoms with Gasteiger partial charge in [0.2, 0.25) is 0 Å². The summed E-state index contributed by atoms with van der Waals surface area (Å²) in [4.78, 5) is 2.00. The molecule has 0 amide bonds. The van der Waals surface area contributed by atoms with E-state index >= 15 is 0 Å². The van der Waals surface area contributed by atoms with Gasteiger partial charge in [-0.25, -0.2) is 4.39 Å². The molecule has 0 radical (unpaired) electrons. The Morgan fingerprint density at radius 3 is 2.61 bits per heavy atom. The lowest BCUT2D eigenvalue weighted by atomic mass is 9.95. The van der Waals surface area contributed by atoms with Crippen molar-refractivity contribution in [2.45, 2.75) is 20.4 Å².